The number of ketones is 1. The molecule has 0 radical (unpaired) electrons. The van der Waals surface area contributed by atoms with Crippen molar-refractivity contribution in [2.45, 2.75) is 65.6 Å². The molecule has 2 amide bonds. The van der Waals surface area contributed by atoms with Crippen molar-refractivity contribution in [2.75, 3.05) is 6.61 Å². The maximum absolute atomic E-state index is 13.0. The molecule has 150 valence electrons. The molecule has 1 saturated heterocycles. The van der Waals surface area contributed by atoms with E-state index >= 15 is 0 Å². The number of nitrogens with one attached hydrogen (secondary N) is 3. The highest BCUT2D eigenvalue weighted by atomic mass is 16.5. The molecule has 1 aliphatic heterocycles. The van der Waals surface area contributed by atoms with E-state index in [1.54, 1.807) is 18.5 Å². The molecule has 2 rings (SSSR count). The Balaban J connectivity index is 2.16. The van der Waals surface area contributed by atoms with E-state index in [0.29, 0.717) is 24.3 Å². The average molecular weight is 377 g/mol. The number of aromatic amines is 1. The van der Waals surface area contributed by atoms with Crippen molar-refractivity contribution in [3.8, 4) is 0 Å². The molecule has 7 heteroatoms. The van der Waals surface area contributed by atoms with Crippen LogP contribution in [0.1, 0.15) is 57.8 Å². The quantitative estimate of drug-likeness (QED) is 0.645. The van der Waals surface area contributed by atoms with Gasteiger partial charge in [0, 0.05) is 12.4 Å². The Morgan fingerprint density at radius 2 is 2.07 bits per heavy atom. The summed E-state index contributed by atoms with van der Waals surface area (Å²) in [5, 5.41) is 5.63. The third kappa shape index (κ3) is 5.19. The zero-order valence-corrected chi connectivity index (χ0v) is 16.8. The largest absolute Gasteiger partial charge is 0.368 e. The van der Waals surface area contributed by atoms with Gasteiger partial charge in [0.25, 0.3) is 5.91 Å². The van der Waals surface area contributed by atoms with Gasteiger partial charge in [-0.1, -0.05) is 34.6 Å². The number of hydrogen-bond acceptors (Lipinski definition) is 4. The number of Topliss-reactive ketones (excluding diaryl/α,β-unsaturated/α-hetero) is 1. The van der Waals surface area contributed by atoms with Gasteiger partial charge in [0.15, 0.2) is 5.78 Å². The summed E-state index contributed by atoms with van der Waals surface area (Å²) in [5.41, 5.74) is 0.287. The van der Waals surface area contributed by atoms with Crippen LogP contribution in [-0.2, 0) is 14.3 Å². The minimum Gasteiger partial charge on any atom is -0.368 e. The first-order valence-electron chi connectivity index (χ1n) is 9.54. The van der Waals surface area contributed by atoms with Crippen molar-refractivity contribution in [3.63, 3.8) is 0 Å². The van der Waals surface area contributed by atoms with E-state index in [1.165, 1.54) is 0 Å². The molecule has 2 heterocycles. The van der Waals surface area contributed by atoms with E-state index in [4.69, 9.17) is 4.74 Å². The average Bonchev–Trinajstić information content (AvgIpc) is 3.24. The van der Waals surface area contributed by atoms with Gasteiger partial charge in [-0.05, 0) is 30.2 Å². The van der Waals surface area contributed by atoms with Crippen molar-refractivity contribution in [3.05, 3.63) is 24.0 Å². The molecule has 3 atom stereocenters. The van der Waals surface area contributed by atoms with Crippen molar-refractivity contribution in [1.82, 2.24) is 15.6 Å². The fourth-order valence-electron chi connectivity index (χ4n) is 3.04. The molecule has 3 unspecified atom stereocenters. The number of ether oxygens (including phenoxy) is 1. The van der Waals surface area contributed by atoms with Gasteiger partial charge in [0.1, 0.15) is 18.7 Å². The van der Waals surface area contributed by atoms with Gasteiger partial charge < -0.3 is 20.4 Å². The molecule has 0 aromatic carbocycles. The minimum atomic E-state index is -0.740. The molecular weight excluding hydrogens is 346 g/mol. The van der Waals surface area contributed by atoms with Crippen molar-refractivity contribution >= 4 is 17.6 Å². The Morgan fingerprint density at radius 1 is 1.37 bits per heavy atom. The summed E-state index contributed by atoms with van der Waals surface area (Å²) in [6, 6.07) is 0.256. The fraction of sp³-hybridized carbons (Fsp3) is 0.650. The zero-order valence-electron chi connectivity index (χ0n) is 16.8. The van der Waals surface area contributed by atoms with E-state index in [9.17, 15) is 14.4 Å². The van der Waals surface area contributed by atoms with Crippen molar-refractivity contribution in [2.24, 2.45) is 11.3 Å². The van der Waals surface area contributed by atoms with Gasteiger partial charge >= 0.3 is 0 Å². The monoisotopic (exact) mass is 377 g/mol. The Morgan fingerprint density at radius 3 is 2.63 bits per heavy atom. The maximum atomic E-state index is 13.0. The van der Waals surface area contributed by atoms with E-state index in [-0.39, 0.29) is 35.7 Å². The Labute approximate surface area is 160 Å². The van der Waals surface area contributed by atoms with Crippen LogP contribution >= 0.6 is 0 Å². The highest BCUT2D eigenvalue weighted by Crippen LogP contribution is 2.31. The molecular formula is C20H31N3O4. The molecule has 3 N–H and O–H groups in total. The van der Waals surface area contributed by atoms with Crippen LogP contribution in [0.15, 0.2) is 18.5 Å². The molecule has 0 saturated carbocycles. The lowest BCUT2D eigenvalue weighted by Gasteiger charge is -2.33. The van der Waals surface area contributed by atoms with Crippen molar-refractivity contribution in [1.29, 1.82) is 0 Å². The first-order valence-corrected chi connectivity index (χ1v) is 9.54. The third-order valence-electron chi connectivity index (χ3n) is 5.63. The van der Waals surface area contributed by atoms with Crippen LogP contribution in [0.2, 0.25) is 0 Å². The predicted molar refractivity (Wildman–Crippen MR) is 102 cm³/mol. The topological polar surface area (TPSA) is 100 Å². The van der Waals surface area contributed by atoms with Crippen LogP contribution < -0.4 is 10.6 Å². The second-order valence-electron chi connectivity index (χ2n) is 8.18. The van der Waals surface area contributed by atoms with E-state index in [1.807, 2.05) is 6.92 Å². The SMILES string of the molecule is CCC1OCC(=O)C1NC(=O)C(CC(C)(C)C(C)C)NC(=O)c1cc[nH]c1. The Kier molecular flexibility index (Phi) is 6.81. The van der Waals surface area contributed by atoms with Crippen LogP contribution in [0.4, 0.5) is 0 Å². The van der Waals surface area contributed by atoms with Gasteiger partial charge in [-0.2, -0.15) is 0 Å². The molecule has 0 bridgehead atoms. The van der Waals surface area contributed by atoms with E-state index in [2.05, 4.69) is 43.3 Å². The van der Waals surface area contributed by atoms with Gasteiger partial charge in [-0.15, -0.1) is 0 Å². The lowest BCUT2D eigenvalue weighted by atomic mass is 9.76. The summed E-state index contributed by atoms with van der Waals surface area (Å²) < 4.78 is 5.43. The van der Waals surface area contributed by atoms with Crippen molar-refractivity contribution < 1.29 is 19.1 Å². The van der Waals surface area contributed by atoms with E-state index in [0.717, 1.165) is 0 Å². The van der Waals surface area contributed by atoms with Crippen LogP contribution in [0.5, 0.6) is 0 Å². The number of carbonyl (C=O) groups is 3. The Hall–Kier alpha value is -2.15. The number of hydrogen-bond donors (Lipinski definition) is 3. The highest BCUT2D eigenvalue weighted by Gasteiger charge is 2.38. The van der Waals surface area contributed by atoms with Crippen LogP contribution in [0.3, 0.4) is 0 Å². The summed E-state index contributed by atoms with van der Waals surface area (Å²) in [4.78, 5) is 40.4. The summed E-state index contributed by atoms with van der Waals surface area (Å²) >= 11 is 0. The van der Waals surface area contributed by atoms with E-state index < -0.39 is 12.1 Å². The second-order valence-corrected chi connectivity index (χ2v) is 8.18. The molecule has 0 spiro atoms. The molecule has 27 heavy (non-hydrogen) atoms. The standard InChI is InChI=1S/C20H31N3O4/c1-6-16-17(15(24)11-27-16)23-19(26)14(9-20(4,5)12(2)3)22-18(25)13-7-8-21-10-13/h7-8,10,12,14,16-17,21H,6,9,11H2,1-5H3,(H,22,25)(H,23,26). The molecule has 0 aliphatic carbocycles. The normalized spacial score (nSPS) is 21.3. The number of H-pyrrole nitrogens is 1. The molecule has 1 aromatic heterocycles. The first-order chi connectivity index (χ1) is 12.7. The first kappa shape index (κ1) is 21.2. The van der Waals surface area contributed by atoms with Gasteiger partial charge in [0.05, 0.1) is 11.7 Å². The zero-order chi connectivity index (χ0) is 20.2. The second kappa shape index (κ2) is 8.69. The van der Waals surface area contributed by atoms with Gasteiger partial charge in [0.2, 0.25) is 5.91 Å². The summed E-state index contributed by atoms with van der Waals surface area (Å²) in [5.74, 6) is -0.488. The number of carbonyl (C=O) groups excluding carboxylic acids is 3. The van der Waals surface area contributed by atoms with Gasteiger partial charge in [-0.25, -0.2) is 0 Å². The van der Waals surface area contributed by atoms with Crippen LogP contribution in [0.25, 0.3) is 0 Å². The maximum Gasteiger partial charge on any atom is 0.253 e. The van der Waals surface area contributed by atoms with Crippen LogP contribution in [0, 0.1) is 11.3 Å². The number of amides is 2. The molecule has 1 aromatic rings. The smallest absolute Gasteiger partial charge is 0.253 e. The lowest BCUT2D eigenvalue weighted by Crippen LogP contribution is -2.54. The van der Waals surface area contributed by atoms with Gasteiger partial charge in [-0.3, -0.25) is 14.4 Å². The number of aromatic nitrogens is 1. The number of rotatable bonds is 8. The summed E-state index contributed by atoms with van der Waals surface area (Å²) in [6.45, 7) is 10.2. The summed E-state index contributed by atoms with van der Waals surface area (Å²) in [7, 11) is 0. The lowest BCUT2D eigenvalue weighted by molar-refractivity contribution is -0.128. The predicted octanol–water partition coefficient (Wildman–Crippen LogP) is 2.05. The minimum absolute atomic E-state index is 0.0152. The fourth-order valence-corrected chi connectivity index (χ4v) is 3.04. The molecule has 1 fully saturated rings. The highest BCUT2D eigenvalue weighted by molar-refractivity contribution is 5.98. The molecule has 7 nitrogen and oxygen atoms in total. The summed E-state index contributed by atoms with van der Waals surface area (Å²) in [6.07, 6.45) is 4.02. The third-order valence-corrected chi connectivity index (χ3v) is 5.63. The van der Waals surface area contributed by atoms with Crippen LogP contribution in [-0.4, -0.2) is 47.4 Å². The molecule has 1 aliphatic rings. The Bertz CT molecular complexity index is 667.